The smallest absolute Gasteiger partial charge is 0.410 e. The lowest BCUT2D eigenvalue weighted by Crippen LogP contribution is -2.58. The lowest BCUT2D eigenvalue weighted by Gasteiger charge is -2.44. The van der Waals surface area contributed by atoms with Crippen LogP contribution < -0.4 is 10.2 Å². The number of piperidine rings is 1. The van der Waals surface area contributed by atoms with E-state index in [4.69, 9.17) is 4.74 Å². The fourth-order valence-electron chi connectivity index (χ4n) is 4.27. The van der Waals surface area contributed by atoms with E-state index in [1.165, 1.54) is 17.7 Å². The molecule has 10 heteroatoms. The number of nitrogens with zero attached hydrogens (tertiary/aromatic N) is 5. The molecular formula is C25H38FN7O2. The van der Waals surface area contributed by atoms with Crippen molar-refractivity contribution in [3.8, 4) is 0 Å². The zero-order valence-electron chi connectivity index (χ0n) is 21.7. The Balaban J connectivity index is 1.46. The van der Waals surface area contributed by atoms with E-state index in [1.807, 2.05) is 52.5 Å². The Morgan fingerprint density at radius 1 is 1.29 bits per heavy atom. The SMILES string of the molecule is CC(C)(C)OC(=O)N(C[C@]1(F)CCCN(c2nccc(Nc3cc(C4CC4)[nH]n3)n2)C1)C(C)(C)C. The maximum absolute atomic E-state index is 16.2. The van der Waals surface area contributed by atoms with Gasteiger partial charge in [0, 0.05) is 36.0 Å². The molecule has 0 aromatic carbocycles. The summed E-state index contributed by atoms with van der Waals surface area (Å²) >= 11 is 0. The number of hydrogen-bond acceptors (Lipinski definition) is 7. The Morgan fingerprint density at radius 3 is 2.69 bits per heavy atom. The van der Waals surface area contributed by atoms with Crippen molar-refractivity contribution in [3.05, 3.63) is 24.0 Å². The lowest BCUT2D eigenvalue weighted by atomic mass is 9.92. The first-order chi connectivity index (χ1) is 16.3. The molecule has 3 heterocycles. The van der Waals surface area contributed by atoms with Gasteiger partial charge in [0.25, 0.3) is 0 Å². The van der Waals surface area contributed by atoms with Crippen molar-refractivity contribution in [1.29, 1.82) is 0 Å². The Bertz CT molecular complexity index is 1040. The minimum atomic E-state index is -1.61. The highest BCUT2D eigenvalue weighted by Gasteiger charge is 2.43. The molecule has 4 rings (SSSR count). The van der Waals surface area contributed by atoms with Gasteiger partial charge in [-0.1, -0.05) is 0 Å². The molecule has 0 radical (unpaired) electrons. The molecule has 1 aliphatic carbocycles. The van der Waals surface area contributed by atoms with Crippen molar-refractivity contribution < 1.29 is 13.9 Å². The molecule has 1 saturated heterocycles. The summed E-state index contributed by atoms with van der Waals surface area (Å²) in [5, 5.41) is 10.6. The number of anilines is 3. The quantitative estimate of drug-likeness (QED) is 0.580. The van der Waals surface area contributed by atoms with Gasteiger partial charge in [-0.05, 0) is 73.3 Å². The summed E-state index contributed by atoms with van der Waals surface area (Å²) in [5.74, 6) is 2.34. The predicted molar refractivity (Wildman–Crippen MR) is 134 cm³/mol. The summed E-state index contributed by atoms with van der Waals surface area (Å²) in [6, 6.07) is 3.77. The van der Waals surface area contributed by atoms with Gasteiger partial charge in [-0.25, -0.2) is 14.2 Å². The first-order valence-corrected chi connectivity index (χ1v) is 12.4. The molecule has 1 atom stereocenters. The van der Waals surface area contributed by atoms with E-state index < -0.39 is 22.9 Å². The van der Waals surface area contributed by atoms with E-state index in [0.29, 0.717) is 42.9 Å². The maximum Gasteiger partial charge on any atom is 0.410 e. The second-order valence-electron chi connectivity index (χ2n) is 11.8. The second kappa shape index (κ2) is 9.28. The number of aromatic nitrogens is 4. The number of hydrogen-bond donors (Lipinski definition) is 2. The first kappa shape index (κ1) is 25.2. The Morgan fingerprint density at radius 2 is 2.03 bits per heavy atom. The number of carbonyl (C=O) groups is 1. The summed E-state index contributed by atoms with van der Waals surface area (Å²) in [6.45, 7) is 11.8. The highest BCUT2D eigenvalue weighted by Crippen LogP contribution is 2.39. The summed E-state index contributed by atoms with van der Waals surface area (Å²) in [6.07, 6.45) is 4.53. The first-order valence-electron chi connectivity index (χ1n) is 12.4. The number of rotatable bonds is 6. The summed E-state index contributed by atoms with van der Waals surface area (Å²) in [7, 11) is 0. The van der Waals surface area contributed by atoms with Crippen molar-refractivity contribution in [2.24, 2.45) is 0 Å². The summed E-state index contributed by atoms with van der Waals surface area (Å²) in [5.41, 5.74) is -1.73. The average molecular weight is 488 g/mol. The zero-order chi connectivity index (χ0) is 25.4. The second-order valence-corrected chi connectivity index (χ2v) is 11.8. The third-order valence-corrected chi connectivity index (χ3v) is 6.19. The van der Waals surface area contributed by atoms with Gasteiger partial charge in [0.1, 0.15) is 17.1 Å². The normalized spacial score (nSPS) is 21.1. The number of amides is 1. The van der Waals surface area contributed by atoms with Crippen LogP contribution in [0.1, 0.15) is 78.8 Å². The van der Waals surface area contributed by atoms with Gasteiger partial charge in [-0.3, -0.25) is 5.10 Å². The van der Waals surface area contributed by atoms with Gasteiger partial charge >= 0.3 is 6.09 Å². The molecule has 0 bridgehead atoms. The number of halogens is 1. The van der Waals surface area contributed by atoms with Crippen LogP contribution in [0.3, 0.4) is 0 Å². The van der Waals surface area contributed by atoms with Crippen molar-refractivity contribution in [3.63, 3.8) is 0 Å². The Labute approximate surface area is 206 Å². The Kier molecular flexibility index (Phi) is 6.68. The average Bonchev–Trinajstić information content (AvgIpc) is 3.49. The van der Waals surface area contributed by atoms with Crippen LogP contribution in [0, 0.1) is 0 Å². The number of alkyl halides is 1. The van der Waals surface area contributed by atoms with E-state index in [-0.39, 0.29) is 13.1 Å². The molecule has 2 N–H and O–H groups in total. The van der Waals surface area contributed by atoms with E-state index in [0.717, 1.165) is 5.69 Å². The number of ether oxygens (including phenoxy) is 1. The highest BCUT2D eigenvalue weighted by molar-refractivity contribution is 5.69. The van der Waals surface area contributed by atoms with E-state index in [9.17, 15) is 4.79 Å². The van der Waals surface area contributed by atoms with Crippen LogP contribution in [0.2, 0.25) is 0 Å². The molecule has 0 unspecified atom stereocenters. The molecular weight excluding hydrogens is 449 g/mol. The molecule has 1 saturated carbocycles. The molecule has 192 valence electrons. The molecule has 9 nitrogen and oxygen atoms in total. The van der Waals surface area contributed by atoms with Crippen LogP contribution in [-0.4, -0.2) is 67.6 Å². The molecule has 2 aromatic rings. The number of aromatic amines is 1. The topological polar surface area (TPSA) is 99.3 Å². The van der Waals surface area contributed by atoms with E-state index in [1.54, 1.807) is 12.3 Å². The van der Waals surface area contributed by atoms with Crippen LogP contribution in [0.25, 0.3) is 0 Å². The van der Waals surface area contributed by atoms with Crippen molar-refractivity contribution >= 4 is 23.7 Å². The monoisotopic (exact) mass is 487 g/mol. The van der Waals surface area contributed by atoms with Crippen molar-refractivity contribution in [1.82, 2.24) is 25.1 Å². The van der Waals surface area contributed by atoms with Gasteiger partial charge in [-0.2, -0.15) is 10.1 Å². The highest BCUT2D eigenvalue weighted by atomic mass is 19.1. The van der Waals surface area contributed by atoms with E-state index in [2.05, 4.69) is 25.5 Å². The molecule has 2 aromatic heterocycles. The van der Waals surface area contributed by atoms with Crippen LogP contribution >= 0.6 is 0 Å². The van der Waals surface area contributed by atoms with Crippen molar-refractivity contribution in [2.45, 2.75) is 90.0 Å². The predicted octanol–water partition coefficient (Wildman–Crippen LogP) is 5.16. The molecule has 0 spiro atoms. The lowest BCUT2D eigenvalue weighted by molar-refractivity contribution is -0.0164. The minimum Gasteiger partial charge on any atom is -0.444 e. The molecule has 1 aliphatic heterocycles. The summed E-state index contributed by atoms with van der Waals surface area (Å²) in [4.78, 5) is 25.3. The fraction of sp³-hybridized carbons (Fsp3) is 0.680. The minimum absolute atomic E-state index is 0.0585. The van der Waals surface area contributed by atoms with Crippen LogP contribution in [0.4, 0.5) is 26.8 Å². The van der Waals surface area contributed by atoms with Gasteiger partial charge in [0.05, 0.1) is 13.1 Å². The standard InChI is InChI=1S/C25H38FN7O2/c1-23(2,3)33(22(34)35-24(4,5)6)16-25(26)11-7-13-32(15-25)21-27-12-10-19(29-21)28-20-14-18(30-31-20)17-8-9-17/h10,12,14,17H,7-9,11,13,15-16H2,1-6H3,(H2,27,28,29,30,31)/t25-/m0/s1. The molecule has 2 fully saturated rings. The van der Waals surface area contributed by atoms with Crippen LogP contribution in [-0.2, 0) is 4.74 Å². The van der Waals surface area contributed by atoms with Gasteiger partial charge in [-0.15, -0.1) is 0 Å². The molecule has 1 amide bonds. The third kappa shape index (κ3) is 6.61. The van der Waals surface area contributed by atoms with Crippen LogP contribution in [0.15, 0.2) is 18.3 Å². The fourth-order valence-corrected chi connectivity index (χ4v) is 4.27. The maximum atomic E-state index is 16.2. The summed E-state index contributed by atoms with van der Waals surface area (Å²) < 4.78 is 21.8. The van der Waals surface area contributed by atoms with Gasteiger partial charge < -0.3 is 19.9 Å². The van der Waals surface area contributed by atoms with Gasteiger partial charge in [0.15, 0.2) is 5.82 Å². The zero-order valence-corrected chi connectivity index (χ0v) is 21.7. The largest absolute Gasteiger partial charge is 0.444 e. The van der Waals surface area contributed by atoms with Crippen molar-refractivity contribution in [2.75, 3.05) is 29.9 Å². The molecule has 2 aliphatic rings. The van der Waals surface area contributed by atoms with Crippen LogP contribution in [0.5, 0.6) is 0 Å². The molecule has 35 heavy (non-hydrogen) atoms. The Hall–Kier alpha value is -2.91. The number of H-pyrrole nitrogens is 1. The number of nitrogens with one attached hydrogen (secondary N) is 2. The number of carbonyl (C=O) groups excluding carboxylic acids is 1. The van der Waals surface area contributed by atoms with E-state index >= 15 is 4.39 Å². The third-order valence-electron chi connectivity index (χ3n) is 6.19. The van der Waals surface area contributed by atoms with Gasteiger partial charge in [0.2, 0.25) is 5.95 Å².